The van der Waals surface area contributed by atoms with E-state index in [-0.39, 0.29) is 74.2 Å². The van der Waals surface area contributed by atoms with Gasteiger partial charge in [-0.3, -0.25) is 18.9 Å². The first-order valence-electron chi connectivity index (χ1n) is 21.9. The molecule has 0 heterocycles. The quantitative estimate of drug-likeness (QED) is 0.0440. The molecule has 4 rings (SSSR count). The Morgan fingerprint density at radius 3 is 2.02 bits per heavy atom. The van der Waals surface area contributed by atoms with Gasteiger partial charge in [0.2, 0.25) is 6.79 Å². The number of carbonyl (C=O) groups is 3. The summed E-state index contributed by atoms with van der Waals surface area (Å²) in [7, 11) is -3.62. The smallest absolute Gasteiger partial charge is 0.331 e. The van der Waals surface area contributed by atoms with Crippen molar-refractivity contribution in [1.82, 2.24) is 0 Å². The standard InChI is InChI=1S/C43H75O11P/c1-7-10-23-50-41(48)31(28-55(49,53-24-11-8-2)54-25-12-9-3)14-20-40(47)52-29-51-39(46)19-13-30(4)35-17-18-36-34-16-15-32-26-33(44)21-22-42(32,5)37(34)27-38(45)43(35,36)6/h30-38,44-45H,7-29H2,1-6H3/t30-,31-,32-,33-,34?,35?,36?,37?,38+,42+,43-/m1/s1. The maximum Gasteiger partial charge on any atom is 0.331 e. The van der Waals surface area contributed by atoms with Crippen LogP contribution in [-0.2, 0) is 42.2 Å². The molecule has 0 aliphatic heterocycles. The monoisotopic (exact) mass is 799 g/mol. The number of rotatable bonds is 23. The van der Waals surface area contributed by atoms with Crippen molar-refractivity contribution in [2.45, 2.75) is 169 Å². The van der Waals surface area contributed by atoms with Crippen LogP contribution in [0.1, 0.15) is 157 Å². The first kappa shape index (κ1) is 46.2. The van der Waals surface area contributed by atoms with E-state index in [0.29, 0.717) is 55.3 Å². The number of fused-ring (bicyclic) bond motifs is 5. The Balaban J connectivity index is 1.24. The Bertz CT molecular complexity index is 1260. The number of carbonyl (C=O) groups excluding carboxylic acids is 3. The number of aliphatic hydroxyl groups excluding tert-OH is 2. The molecule has 4 aliphatic rings. The molecule has 4 unspecified atom stereocenters. The van der Waals surface area contributed by atoms with Gasteiger partial charge in [0, 0.05) is 12.8 Å². The minimum atomic E-state index is -3.62. The summed E-state index contributed by atoms with van der Waals surface area (Å²) in [6.07, 6.45) is 12.8. The molecule has 12 heteroatoms. The van der Waals surface area contributed by atoms with Gasteiger partial charge in [0.15, 0.2) is 0 Å². The molecule has 0 saturated heterocycles. The number of hydrogen-bond acceptors (Lipinski definition) is 11. The molecular weight excluding hydrogens is 723 g/mol. The highest BCUT2D eigenvalue weighted by atomic mass is 31.2. The maximum absolute atomic E-state index is 13.7. The van der Waals surface area contributed by atoms with E-state index in [9.17, 15) is 29.2 Å². The topological polar surface area (TPSA) is 155 Å². The van der Waals surface area contributed by atoms with E-state index in [0.717, 1.165) is 57.8 Å². The first-order valence-corrected chi connectivity index (χ1v) is 23.7. The third kappa shape index (κ3) is 11.8. The zero-order valence-electron chi connectivity index (χ0n) is 35.0. The van der Waals surface area contributed by atoms with Crippen molar-refractivity contribution in [3.05, 3.63) is 0 Å². The Morgan fingerprint density at radius 1 is 0.764 bits per heavy atom. The van der Waals surface area contributed by atoms with Crippen LogP contribution in [-0.4, -0.2) is 73.1 Å². The Labute approximate surface area is 331 Å². The van der Waals surface area contributed by atoms with Crippen LogP contribution in [0.2, 0.25) is 0 Å². The zero-order chi connectivity index (χ0) is 40.2. The van der Waals surface area contributed by atoms with Crippen LogP contribution < -0.4 is 0 Å². The van der Waals surface area contributed by atoms with Crippen molar-refractivity contribution < 1.29 is 52.4 Å². The van der Waals surface area contributed by atoms with Crippen LogP contribution in [0, 0.1) is 52.3 Å². The van der Waals surface area contributed by atoms with Gasteiger partial charge in [0.1, 0.15) is 0 Å². The van der Waals surface area contributed by atoms with Crippen molar-refractivity contribution >= 4 is 25.5 Å². The summed E-state index contributed by atoms with van der Waals surface area (Å²) in [4.78, 5) is 38.6. The third-order valence-electron chi connectivity index (χ3n) is 14.5. The molecule has 0 aromatic heterocycles. The molecule has 0 aromatic carbocycles. The molecule has 55 heavy (non-hydrogen) atoms. The minimum absolute atomic E-state index is 0.0328. The maximum atomic E-state index is 13.7. The van der Waals surface area contributed by atoms with Gasteiger partial charge in [0.05, 0.1) is 44.1 Å². The highest BCUT2D eigenvalue weighted by molar-refractivity contribution is 7.53. The van der Waals surface area contributed by atoms with Crippen LogP contribution in [0.3, 0.4) is 0 Å². The average molecular weight is 799 g/mol. The Morgan fingerprint density at radius 2 is 1.38 bits per heavy atom. The summed E-state index contributed by atoms with van der Waals surface area (Å²) in [5, 5.41) is 22.3. The first-order chi connectivity index (χ1) is 26.2. The van der Waals surface area contributed by atoms with Crippen LogP contribution in [0.5, 0.6) is 0 Å². The molecule has 0 amide bonds. The molecule has 11 atom stereocenters. The average Bonchev–Trinajstić information content (AvgIpc) is 3.52. The van der Waals surface area contributed by atoms with E-state index in [1.54, 1.807) is 0 Å². The van der Waals surface area contributed by atoms with Gasteiger partial charge in [-0.05, 0) is 130 Å². The normalized spacial score (nSPS) is 32.8. The molecule has 4 aliphatic carbocycles. The molecule has 0 spiro atoms. The van der Waals surface area contributed by atoms with Crippen molar-refractivity contribution in [2.75, 3.05) is 32.8 Å². The molecule has 4 saturated carbocycles. The van der Waals surface area contributed by atoms with E-state index in [2.05, 4.69) is 20.8 Å². The second kappa shape index (κ2) is 21.5. The lowest BCUT2D eigenvalue weighted by Gasteiger charge is -2.62. The molecule has 2 N–H and O–H groups in total. The molecule has 11 nitrogen and oxygen atoms in total. The summed E-state index contributed by atoms with van der Waals surface area (Å²) >= 11 is 0. The fraction of sp³-hybridized carbons (Fsp3) is 0.930. The number of aliphatic hydroxyl groups is 2. The van der Waals surface area contributed by atoms with Crippen molar-refractivity contribution in [3.63, 3.8) is 0 Å². The van der Waals surface area contributed by atoms with Crippen molar-refractivity contribution in [3.8, 4) is 0 Å². The molecular formula is C43H75O11P. The van der Waals surface area contributed by atoms with Gasteiger partial charge in [-0.15, -0.1) is 0 Å². The summed E-state index contributed by atoms with van der Waals surface area (Å²) in [6.45, 7) is 13.1. The highest BCUT2D eigenvalue weighted by Crippen LogP contribution is 2.68. The predicted molar refractivity (Wildman–Crippen MR) is 211 cm³/mol. The fourth-order valence-electron chi connectivity index (χ4n) is 11.1. The fourth-order valence-corrected chi connectivity index (χ4v) is 13.1. The molecule has 0 radical (unpaired) electrons. The number of ether oxygens (including phenoxy) is 3. The Hall–Kier alpha value is -1.52. The lowest BCUT2D eigenvalue weighted by atomic mass is 9.43. The van der Waals surface area contributed by atoms with E-state index >= 15 is 0 Å². The van der Waals surface area contributed by atoms with E-state index in [1.165, 1.54) is 12.8 Å². The van der Waals surface area contributed by atoms with Crippen LogP contribution in [0.15, 0.2) is 0 Å². The molecule has 318 valence electrons. The van der Waals surface area contributed by atoms with Gasteiger partial charge in [0.25, 0.3) is 0 Å². The summed E-state index contributed by atoms with van der Waals surface area (Å²) in [5.74, 6) is 0.135. The van der Waals surface area contributed by atoms with Crippen molar-refractivity contribution in [1.29, 1.82) is 0 Å². The largest absolute Gasteiger partial charge is 0.465 e. The lowest BCUT2D eigenvalue weighted by Crippen LogP contribution is -2.58. The third-order valence-corrected chi connectivity index (χ3v) is 16.6. The number of hydrogen-bond donors (Lipinski definition) is 2. The molecule has 4 fully saturated rings. The molecule has 0 bridgehead atoms. The van der Waals surface area contributed by atoms with Gasteiger partial charge in [-0.25, -0.2) is 0 Å². The van der Waals surface area contributed by atoms with Gasteiger partial charge < -0.3 is 33.5 Å². The highest BCUT2D eigenvalue weighted by Gasteiger charge is 2.63. The molecule has 0 aromatic rings. The number of unbranched alkanes of at least 4 members (excludes halogenated alkanes) is 3. The number of esters is 3. The predicted octanol–water partition coefficient (Wildman–Crippen LogP) is 9.00. The van der Waals surface area contributed by atoms with Crippen LogP contribution in [0.25, 0.3) is 0 Å². The SMILES string of the molecule is CCCCOC(=O)[C@H](CCC(=O)OCOC(=O)CC[C@@H](C)C1CCC2C3CC[C@@H]4C[C@H](O)CC[C@]4(C)C3C[C@H](O)[C@@]21C)CP(=O)(OCCCC)OCCCC. The van der Waals surface area contributed by atoms with E-state index in [4.69, 9.17) is 23.3 Å². The van der Waals surface area contributed by atoms with E-state index < -0.39 is 38.2 Å². The second-order valence-corrected chi connectivity index (χ2v) is 20.1. The van der Waals surface area contributed by atoms with Gasteiger partial charge in [-0.1, -0.05) is 60.8 Å². The summed E-state index contributed by atoms with van der Waals surface area (Å²) < 4.78 is 41.1. The zero-order valence-corrected chi connectivity index (χ0v) is 35.9. The van der Waals surface area contributed by atoms with Crippen molar-refractivity contribution in [2.24, 2.45) is 52.3 Å². The van der Waals surface area contributed by atoms with Crippen LogP contribution in [0.4, 0.5) is 0 Å². The lowest BCUT2D eigenvalue weighted by molar-refractivity contribution is -0.175. The van der Waals surface area contributed by atoms with Crippen LogP contribution >= 0.6 is 7.60 Å². The van der Waals surface area contributed by atoms with E-state index in [1.807, 2.05) is 20.8 Å². The van der Waals surface area contributed by atoms with Gasteiger partial charge in [-0.2, -0.15) is 0 Å². The van der Waals surface area contributed by atoms with Gasteiger partial charge >= 0.3 is 25.5 Å². The summed E-state index contributed by atoms with van der Waals surface area (Å²) in [5.41, 5.74) is 0.00753. The summed E-state index contributed by atoms with van der Waals surface area (Å²) in [6, 6.07) is 0. The second-order valence-electron chi connectivity index (χ2n) is 18.0. The Kier molecular flexibility index (Phi) is 18.0. The minimum Gasteiger partial charge on any atom is -0.465 e.